The van der Waals surface area contributed by atoms with Crippen LogP contribution in [0.1, 0.15) is 16.3 Å². The van der Waals surface area contributed by atoms with Crippen molar-refractivity contribution in [2.75, 3.05) is 32.8 Å². The molecule has 2 aromatic rings. The molecule has 132 valence electrons. The molecule has 3 heterocycles. The third-order valence-corrected chi connectivity index (χ3v) is 5.79. The van der Waals surface area contributed by atoms with Gasteiger partial charge in [0.05, 0.1) is 16.6 Å². The first kappa shape index (κ1) is 16.5. The molecule has 1 unspecified atom stereocenters. The molecule has 0 N–H and O–H groups in total. The second-order valence-corrected chi connectivity index (χ2v) is 7.84. The first-order chi connectivity index (χ1) is 12.2. The van der Waals surface area contributed by atoms with E-state index < -0.39 is 0 Å². The number of fused-ring (bicyclic) bond motifs is 1. The number of nitrogens with zero attached hydrogens (tertiary/aromatic N) is 3. The SMILES string of the molecule is Cc1nc(CN2CCN(C(=O)C3COc4ccccc4C3)CC2)cs1. The Morgan fingerprint density at radius 3 is 2.84 bits per heavy atom. The maximum Gasteiger partial charge on any atom is 0.229 e. The zero-order valence-corrected chi connectivity index (χ0v) is 15.3. The number of ether oxygens (including phenoxy) is 1. The maximum atomic E-state index is 12.8. The van der Waals surface area contributed by atoms with Crippen LogP contribution in [0.3, 0.4) is 0 Å². The Hall–Kier alpha value is -1.92. The van der Waals surface area contributed by atoms with Gasteiger partial charge in [0.2, 0.25) is 5.91 Å². The molecule has 6 heteroatoms. The summed E-state index contributed by atoms with van der Waals surface area (Å²) in [5.74, 6) is 1.11. The Morgan fingerprint density at radius 1 is 1.28 bits per heavy atom. The van der Waals surface area contributed by atoms with Gasteiger partial charge >= 0.3 is 0 Å². The van der Waals surface area contributed by atoms with E-state index >= 15 is 0 Å². The number of hydrogen-bond acceptors (Lipinski definition) is 5. The predicted molar refractivity (Wildman–Crippen MR) is 97.8 cm³/mol. The van der Waals surface area contributed by atoms with E-state index in [2.05, 4.69) is 21.3 Å². The first-order valence-electron chi connectivity index (χ1n) is 8.82. The van der Waals surface area contributed by atoms with Crippen LogP contribution in [-0.4, -0.2) is 53.5 Å². The largest absolute Gasteiger partial charge is 0.492 e. The zero-order valence-electron chi connectivity index (χ0n) is 14.5. The molecular weight excluding hydrogens is 334 g/mol. The number of para-hydroxylation sites is 1. The number of benzene rings is 1. The minimum atomic E-state index is -0.0531. The number of hydrogen-bond donors (Lipinski definition) is 0. The van der Waals surface area contributed by atoms with Gasteiger partial charge in [0.25, 0.3) is 0 Å². The number of aromatic nitrogens is 1. The molecule has 1 atom stereocenters. The molecule has 1 fully saturated rings. The third-order valence-electron chi connectivity index (χ3n) is 4.96. The summed E-state index contributed by atoms with van der Waals surface area (Å²) in [5.41, 5.74) is 2.28. The van der Waals surface area contributed by atoms with Gasteiger partial charge in [-0.15, -0.1) is 11.3 Å². The van der Waals surface area contributed by atoms with Crippen molar-refractivity contribution in [3.8, 4) is 5.75 Å². The highest BCUT2D eigenvalue weighted by Crippen LogP contribution is 2.28. The molecular formula is C19H23N3O2S. The number of rotatable bonds is 3. The van der Waals surface area contributed by atoms with Crippen LogP contribution in [0.25, 0.3) is 0 Å². The van der Waals surface area contributed by atoms with Crippen molar-refractivity contribution in [3.05, 3.63) is 45.9 Å². The Bertz CT molecular complexity index is 753. The number of carbonyl (C=O) groups excluding carboxylic acids is 1. The van der Waals surface area contributed by atoms with Crippen molar-refractivity contribution in [3.63, 3.8) is 0 Å². The fourth-order valence-corrected chi connectivity index (χ4v) is 4.18. The lowest BCUT2D eigenvalue weighted by atomic mass is 9.95. The van der Waals surface area contributed by atoms with Gasteiger partial charge in [-0.1, -0.05) is 18.2 Å². The highest BCUT2D eigenvalue weighted by Gasteiger charge is 2.31. The first-order valence-corrected chi connectivity index (χ1v) is 9.70. The third kappa shape index (κ3) is 3.70. The van der Waals surface area contributed by atoms with Crippen LogP contribution >= 0.6 is 11.3 Å². The van der Waals surface area contributed by atoms with Crippen molar-refractivity contribution < 1.29 is 9.53 Å². The monoisotopic (exact) mass is 357 g/mol. The normalized spacial score (nSPS) is 20.8. The van der Waals surface area contributed by atoms with E-state index in [1.807, 2.05) is 30.0 Å². The van der Waals surface area contributed by atoms with Gasteiger partial charge in [-0.2, -0.15) is 0 Å². The Balaban J connectivity index is 1.31. The average Bonchev–Trinajstić information content (AvgIpc) is 3.06. The molecule has 0 bridgehead atoms. The lowest BCUT2D eigenvalue weighted by molar-refractivity contribution is -0.138. The summed E-state index contributed by atoms with van der Waals surface area (Å²) in [4.78, 5) is 21.8. The molecule has 1 aromatic heterocycles. The van der Waals surface area contributed by atoms with Gasteiger partial charge < -0.3 is 9.64 Å². The molecule has 1 aromatic carbocycles. The van der Waals surface area contributed by atoms with Crippen molar-refractivity contribution in [1.29, 1.82) is 0 Å². The zero-order chi connectivity index (χ0) is 17.2. The van der Waals surface area contributed by atoms with Gasteiger partial charge in [0.15, 0.2) is 0 Å². The summed E-state index contributed by atoms with van der Waals surface area (Å²) < 4.78 is 5.79. The van der Waals surface area contributed by atoms with E-state index in [9.17, 15) is 4.79 Å². The Kier molecular flexibility index (Phi) is 4.72. The van der Waals surface area contributed by atoms with E-state index in [4.69, 9.17) is 4.74 Å². The van der Waals surface area contributed by atoms with Gasteiger partial charge in [-0.05, 0) is 25.0 Å². The molecule has 0 radical (unpaired) electrons. The van der Waals surface area contributed by atoms with Crippen LogP contribution < -0.4 is 4.74 Å². The summed E-state index contributed by atoms with van der Waals surface area (Å²) in [6.07, 6.45) is 0.785. The van der Waals surface area contributed by atoms with Gasteiger partial charge in [-0.3, -0.25) is 9.69 Å². The van der Waals surface area contributed by atoms with Crippen LogP contribution in [0.5, 0.6) is 5.75 Å². The van der Waals surface area contributed by atoms with Crippen molar-refractivity contribution in [1.82, 2.24) is 14.8 Å². The summed E-state index contributed by atoms with van der Waals surface area (Å²) in [6, 6.07) is 8.02. The topological polar surface area (TPSA) is 45.7 Å². The molecule has 1 saturated heterocycles. The minimum Gasteiger partial charge on any atom is -0.492 e. The maximum absolute atomic E-state index is 12.8. The van der Waals surface area contributed by atoms with E-state index in [-0.39, 0.29) is 11.8 Å². The molecule has 5 nitrogen and oxygen atoms in total. The molecule has 0 aliphatic carbocycles. The second-order valence-electron chi connectivity index (χ2n) is 6.78. The quantitative estimate of drug-likeness (QED) is 0.846. The Morgan fingerprint density at radius 2 is 2.08 bits per heavy atom. The molecule has 0 saturated carbocycles. The van der Waals surface area contributed by atoms with Gasteiger partial charge in [0.1, 0.15) is 12.4 Å². The average molecular weight is 357 g/mol. The van der Waals surface area contributed by atoms with Crippen LogP contribution in [0.2, 0.25) is 0 Å². The fraction of sp³-hybridized carbons (Fsp3) is 0.474. The van der Waals surface area contributed by atoms with Crippen molar-refractivity contribution >= 4 is 17.2 Å². The Labute approximate surface area is 152 Å². The molecule has 4 rings (SSSR count). The van der Waals surface area contributed by atoms with Gasteiger partial charge in [-0.25, -0.2) is 4.98 Å². The summed E-state index contributed by atoms with van der Waals surface area (Å²) in [6.45, 7) is 6.81. The van der Waals surface area contributed by atoms with E-state index in [0.717, 1.165) is 61.2 Å². The second kappa shape index (κ2) is 7.14. The number of thiazole rings is 1. The predicted octanol–water partition coefficient (Wildman–Crippen LogP) is 2.35. The molecule has 0 spiro atoms. The summed E-state index contributed by atoms with van der Waals surface area (Å²) in [7, 11) is 0. The van der Waals surface area contributed by atoms with E-state index in [1.165, 1.54) is 0 Å². The highest BCUT2D eigenvalue weighted by atomic mass is 32.1. The van der Waals surface area contributed by atoms with Crippen molar-refractivity contribution in [2.24, 2.45) is 5.92 Å². The number of piperazine rings is 1. The van der Waals surface area contributed by atoms with Crippen LogP contribution in [0.4, 0.5) is 0 Å². The van der Waals surface area contributed by atoms with Crippen LogP contribution in [0.15, 0.2) is 29.6 Å². The molecule has 1 amide bonds. The van der Waals surface area contributed by atoms with Crippen LogP contribution in [-0.2, 0) is 17.8 Å². The van der Waals surface area contributed by atoms with Crippen LogP contribution in [0, 0.1) is 12.8 Å². The smallest absolute Gasteiger partial charge is 0.229 e. The summed E-state index contributed by atoms with van der Waals surface area (Å²) >= 11 is 1.70. The van der Waals surface area contributed by atoms with E-state index in [1.54, 1.807) is 11.3 Å². The standard InChI is InChI=1S/C19H23N3O2S/c1-14-20-17(13-25-14)11-21-6-8-22(9-7-21)19(23)16-10-15-4-2-3-5-18(15)24-12-16/h2-5,13,16H,6-12H2,1H3. The minimum absolute atomic E-state index is 0.0531. The highest BCUT2D eigenvalue weighted by molar-refractivity contribution is 7.09. The fourth-order valence-electron chi connectivity index (χ4n) is 3.58. The lowest BCUT2D eigenvalue weighted by Crippen LogP contribution is -2.51. The molecule has 25 heavy (non-hydrogen) atoms. The van der Waals surface area contributed by atoms with Crippen molar-refractivity contribution in [2.45, 2.75) is 19.9 Å². The molecule has 2 aliphatic heterocycles. The molecule has 2 aliphatic rings. The number of carbonyl (C=O) groups is 1. The number of amides is 1. The van der Waals surface area contributed by atoms with E-state index in [0.29, 0.717) is 6.61 Å². The van der Waals surface area contributed by atoms with Gasteiger partial charge in [0, 0.05) is 38.1 Å². The lowest BCUT2D eigenvalue weighted by Gasteiger charge is -2.37. The summed E-state index contributed by atoms with van der Waals surface area (Å²) in [5, 5.41) is 3.24. The number of aryl methyl sites for hydroxylation is 1.